The summed E-state index contributed by atoms with van der Waals surface area (Å²) in [6.45, 7) is 2.21. The van der Waals surface area contributed by atoms with Crippen LogP contribution >= 0.6 is 0 Å². The van der Waals surface area contributed by atoms with Gasteiger partial charge >= 0.3 is 0 Å². The molecule has 0 spiro atoms. The third-order valence-corrected chi connectivity index (χ3v) is 3.15. The molecule has 0 aliphatic carbocycles. The van der Waals surface area contributed by atoms with Gasteiger partial charge in [0, 0.05) is 5.92 Å². The molecule has 0 saturated carbocycles. The van der Waals surface area contributed by atoms with Gasteiger partial charge in [-0.15, -0.1) is 0 Å². The van der Waals surface area contributed by atoms with Gasteiger partial charge in [0.25, 0.3) is 0 Å². The fourth-order valence-corrected chi connectivity index (χ4v) is 2.01. The summed E-state index contributed by atoms with van der Waals surface area (Å²) >= 11 is 0. The van der Waals surface area contributed by atoms with E-state index in [9.17, 15) is 4.79 Å². The largest absolute Gasteiger partial charge is 0.303 e. The molecule has 98 valence electrons. The Hall–Kier alpha value is -1.37. The molecule has 0 radical (unpaired) electrons. The van der Waals surface area contributed by atoms with Crippen molar-refractivity contribution in [1.29, 1.82) is 0 Å². The topological polar surface area (TPSA) is 17.1 Å². The number of rotatable bonds is 9. The van der Waals surface area contributed by atoms with E-state index in [1.165, 1.54) is 24.8 Å². The Morgan fingerprint density at radius 2 is 1.89 bits per heavy atom. The first-order chi connectivity index (χ1) is 8.86. The molecular formula is C17H24O. The van der Waals surface area contributed by atoms with Crippen LogP contribution in [0.4, 0.5) is 0 Å². The highest BCUT2D eigenvalue weighted by Crippen LogP contribution is 2.11. The Balaban J connectivity index is 2.27. The van der Waals surface area contributed by atoms with Crippen LogP contribution in [-0.2, 0) is 11.2 Å². The molecule has 0 heterocycles. The summed E-state index contributed by atoms with van der Waals surface area (Å²) in [5, 5.41) is 0. The predicted molar refractivity (Wildman–Crippen MR) is 77.6 cm³/mol. The monoisotopic (exact) mass is 244 g/mol. The lowest BCUT2D eigenvalue weighted by Gasteiger charge is -2.04. The maximum atomic E-state index is 11.0. The maximum absolute atomic E-state index is 11.0. The van der Waals surface area contributed by atoms with Crippen LogP contribution in [-0.4, -0.2) is 6.29 Å². The summed E-state index contributed by atoms with van der Waals surface area (Å²) in [7, 11) is 0. The summed E-state index contributed by atoms with van der Waals surface area (Å²) in [6.07, 6.45) is 12.1. The quantitative estimate of drug-likeness (QED) is 0.353. The van der Waals surface area contributed by atoms with Crippen molar-refractivity contribution in [3.8, 4) is 0 Å². The average molecular weight is 244 g/mol. The first kappa shape index (κ1) is 14.7. The minimum absolute atomic E-state index is 0.102. The van der Waals surface area contributed by atoms with Crippen LogP contribution in [0.1, 0.15) is 44.6 Å². The van der Waals surface area contributed by atoms with Crippen molar-refractivity contribution < 1.29 is 4.79 Å². The molecule has 1 nitrogen and oxygen atoms in total. The van der Waals surface area contributed by atoms with Gasteiger partial charge in [-0.25, -0.2) is 0 Å². The number of carbonyl (C=O) groups is 1. The lowest BCUT2D eigenvalue weighted by atomic mass is 10.0. The molecule has 1 aromatic rings. The zero-order valence-electron chi connectivity index (χ0n) is 11.3. The molecule has 1 rings (SSSR count). The van der Waals surface area contributed by atoms with E-state index in [0.29, 0.717) is 0 Å². The molecule has 0 fully saturated rings. The molecule has 1 atom stereocenters. The molecule has 0 bridgehead atoms. The normalized spacial score (nSPS) is 12.7. The van der Waals surface area contributed by atoms with Crippen molar-refractivity contribution in [2.75, 3.05) is 0 Å². The van der Waals surface area contributed by atoms with E-state index in [2.05, 4.69) is 31.2 Å². The molecule has 0 amide bonds. The lowest BCUT2D eigenvalue weighted by Crippen LogP contribution is -1.98. The van der Waals surface area contributed by atoms with E-state index < -0.39 is 0 Å². The van der Waals surface area contributed by atoms with Gasteiger partial charge < -0.3 is 4.79 Å². The number of allylic oxidation sites excluding steroid dienone is 2. The Morgan fingerprint density at radius 1 is 1.11 bits per heavy atom. The standard InChI is InChI=1S/C17H24O/c1-2-3-4-6-12-17(15-18)14-9-13-16-10-7-5-8-11-16/h5,7-11,14-15,17H,2-4,6,12-13H2,1H3/b14-9+/t17-/m1/s1. The van der Waals surface area contributed by atoms with Crippen molar-refractivity contribution in [3.05, 3.63) is 48.0 Å². The SMILES string of the molecule is CCCCCC[C@@H](C=O)/C=C/Cc1ccccc1. The second kappa shape index (κ2) is 9.64. The molecule has 1 heteroatoms. The third kappa shape index (κ3) is 6.39. The van der Waals surface area contributed by atoms with Crippen LogP contribution in [0.5, 0.6) is 0 Å². The van der Waals surface area contributed by atoms with Gasteiger partial charge in [-0.2, -0.15) is 0 Å². The predicted octanol–water partition coefficient (Wildman–Crippen LogP) is 4.57. The number of carbonyl (C=O) groups excluding carboxylic acids is 1. The maximum Gasteiger partial charge on any atom is 0.126 e. The smallest absolute Gasteiger partial charge is 0.126 e. The molecule has 18 heavy (non-hydrogen) atoms. The van der Waals surface area contributed by atoms with E-state index in [-0.39, 0.29) is 5.92 Å². The van der Waals surface area contributed by atoms with E-state index in [0.717, 1.165) is 25.5 Å². The Labute approximate surface area is 111 Å². The highest BCUT2D eigenvalue weighted by atomic mass is 16.1. The number of hydrogen-bond donors (Lipinski definition) is 0. The molecule has 0 aliphatic rings. The summed E-state index contributed by atoms with van der Waals surface area (Å²) in [4.78, 5) is 11.0. The fraction of sp³-hybridized carbons (Fsp3) is 0.471. The van der Waals surface area contributed by atoms with Crippen LogP contribution in [0.15, 0.2) is 42.5 Å². The minimum atomic E-state index is 0.102. The Bertz CT molecular complexity index is 340. The van der Waals surface area contributed by atoms with E-state index >= 15 is 0 Å². The summed E-state index contributed by atoms with van der Waals surface area (Å²) in [5.41, 5.74) is 1.30. The third-order valence-electron chi connectivity index (χ3n) is 3.15. The minimum Gasteiger partial charge on any atom is -0.303 e. The molecule has 0 saturated heterocycles. The van der Waals surface area contributed by atoms with Crippen LogP contribution in [0.2, 0.25) is 0 Å². The molecule has 0 aromatic heterocycles. The van der Waals surface area contributed by atoms with E-state index in [1.54, 1.807) is 0 Å². The van der Waals surface area contributed by atoms with Crippen molar-refractivity contribution in [2.24, 2.45) is 5.92 Å². The van der Waals surface area contributed by atoms with Gasteiger partial charge in [-0.05, 0) is 18.4 Å². The summed E-state index contributed by atoms with van der Waals surface area (Å²) < 4.78 is 0. The zero-order valence-corrected chi connectivity index (χ0v) is 11.3. The Kier molecular flexibility index (Phi) is 7.87. The number of benzene rings is 1. The molecular weight excluding hydrogens is 220 g/mol. The van der Waals surface area contributed by atoms with Crippen LogP contribution in [0, 0.1) is 5.92 Å². The summed E-state index contributed by atoms with van der Waals surface area (Å²) in [6, 6.07) is 10.3. The molecule has 0 unspecified atom stereocenters. The van der Waals surface area contributed by atoms with Crippen LogP contribution < -0.4 is 0 Å². The van der Waals surface area contributed by atoms with Gasteiger partial charge in [-0.3, -0.25) is 0 Å². The van der Waals surface area contributed by atoms with Gasteiger partial charge in [0.15, 0.2) is 0 Å². The van der Waals surface area contributed by atoms with Gasteiger partial charge in [0.2, 0.25) is 0 Å². The lowest BCUT2D eigenvalue weighted by molar-refractivity contribution is -0.110. The van der Waals surface area contributed by atoms with Crippen molar-refractivity contribution >= 4 is 6.29 Å². The molecule has 1 aromatic carbocycles. The first-order valence-electron chi connectivity index (χ1n) is 7.02. The number of unbranched alkanes of at least 4 members (excludes halogenated alkanes) is 3. The van der Waals surface area contributed by atoms with Gasteiger partial charge in [0.05, 0.1) is 0 Å². The van der Waals surface area contributed by atoms with Gasteiger partial charge in [-0.1, -0.05) is 75.1 Å². The second-order valence-corrected chi connectivity index (χ2v) is 4.77. The second-order valence-electron chi connectivity index (χ2n) is 4.77. The van der Waals surface area contributed by atoms with Crippen molar-refractivity contribution in [1.82, 2.24) is 0 Å². The number of hydrogen-bond acceptors (Lipinski definition) is 1. The zero-order chi connectivity index (χ0) is 13.1. The highest BCUT2D eigenvalue weighted by Gasteiger charge is 2.01. The fourth-order valence-electron chi connectivity index (χ4n) is 2.01. The molecule has 0 aliphatic heterocycles. The van der Waals surface area contributed by atoms with Gasteiger partial charge in [0.1, 0.15) is 6.29 Å². The highest BCUT2D eigenvalue weighted by molar-refractivity contribution is 5.56. The number of aldehydes is 1. The van der Waals surface area contributed by atoms with E-state index in [1.807, 2.05) is 18.2 Å². The Morgan fingerprint density at radius 3 is 2.56 bits per heavy atom. The van der Waals surface area contributed by atoms with Crippen LogP contribution in [0.3, 0.4) is 0 Å². The van der Waals surface area contributed by atoms with E-state index in [4.69, 9.17) is 0 Å². The average Bonchev–Trinajstić information content (AvgIpc) is 2.42. The van der Waals surface area contributed by atoms with Crippen molar-refractivity contribution in [2.45, 2.75) is 45.4 Å². The molecule has 0 N–H and O–H groups in total. The van der Waals surface area contributed by atoms with Crippen molar-refractivity contribution in [3.63, 3.8) is 0 Å². The summed E-state index contributed by atoms with van der Waals surface area (Å²) in [5.74, 6) is 0.102. The van der Waals surface area contributed by atoms with Crippen LogP contribution in [0.25, 0.3) is 0 Å². The first-order valence-corrected chi connectivity index (χ1v) is 7.02.